The lowest BCUT2D eigenvalue weighted by Crippen LogP contribution is -2.16. The van der Waals surface area contributed by atoms with Gasteiger partial charge in [0.05, 0.1) is 5.56 Å². The van der Waals surface area contributed by atoms with Crippen LogP contribution in [0.2, 0.25) is 0 Å². The van der Waals surface area contributed by atoms with Gasteiger partial charge in [-0.15, -0.1) is 0 Å². The molecule has 1 fully saturated rings. The molecule has 1 aromatic carbocycles. The van der Waals surface area contributed by atoms with Crippen molar-refractivity contribution >= 4 is 33.4 Å². The van der Waals surface area contributed by atoms with Crippen molar-refractivity contribution in [1.29, 1.82) is 0 Å². The SMILES string of the molecule is O=C(O)c1cccc(-c2nc3ccc(Br)cn3c2NC2CCCC2)c1. The number of hydrogen-bond donors (Lipinski definition) is 2. The number of halogens is 1. The zero-order valence-electron chi connectivity index (χ0n) is 13.6. The average molecular weight is 400 g/mol. The zero-order chi connectivity index (χ0) is 17.4. The first-order valence-corrected chi connectivity index (χ1v) is 9.19. The van der Waals surface area contributed by atoms with Gasteiger partial charge in [-0.1, -0.05) is 25.0 Å². The van der Waals surface area contributed by atoms with Crippen LogP contribution in [0.1, 0.15) is 36.0 Å². The lowest BCUT2D eigenvalue weighted by molar-refractivity contribution is 0.0697. The number of nitrogens with one attached hydrogen (secondary N) is 1. The Labute approximate surface area is 153 Å². The molecular weight excluding hydrogens is 382 g/mol. The van der Waals surface area contributed by atoms with Crippen LogP contribution in [0.4, 0.5) is 5.82 Å². The van der Waals surface area contributed by atoms with Crippen LogP contribution in [0, 0.1) is 0 Å². The van der Waals surface area contributed by atoms with E-state index in [4.69, 9.17) is 4.98 Å². The number of carbonyl (C=O) groups is 1. The number of carboxylic acid groups (broad SMARTS) is 1. The van der Waals surface area contributed by atoms with Crippen LogP contribution in [-0.4, -0.2) is 26.5 Å². The molecule has 0 bridgehead atoms. The number of aromatic nitrogens is 2. The summed E-state index contributed by atoms with van der Waals surface area (Å²) < 4.78 is 3.00. The smallest absolute Gasteiger partial charge is 0.335 e. The van der Waals surface area contributed by atoms with Gasteiger partial charge in [0.15, 0.2) is 0 Å². The standard InChI is InChI=1S/C19H18BrN3O2/c20-14-8-9-16-22-17(12-4-3-5-13(10-12)19(24)25)18(23(16)11-14)21-15-6-1-2-7-15/h3-5,8-11,15,21H,1-2,6-7H2,(H,24,25). The molecule has 2 heterocycles. The maximum Gasteiger partial charge on any atom is 0.335 e. The van der Waals surface area contributed by atoms with E-state index in [1.807, 2.05) is 28.8 Å². The van der Waals surface area contributed by atoms with Crippen molar-refractivity contribution in [3.8, 4) is 11.3 Å². The number of benzene rings is 1. The van der Waals surface area contributed by atoms with Gasteiger partial charge < -0.3 is 10.4 Å². The van der Waals surface area contributed by atoms with E-state index >= 15 is 0 Å². The normalized spacial score (nSPS) is 14.9. The van der Waals surface area contributed by atoms with E-state index in [1.165, 1.54) is 12.8 Å². The van der Waals surface area contributed by atoms with Crippen molar-refractivity contribution in [2.75, 3.05) is 5.32 Å². The quantitative estimate of drug-likeness (QED) is 0.659. The Morgan fingerprint density at radius 3 is 2.80 bits per heavy atom. The van der Waals surface area contributed by atoms with Gasteiger partial charge in [0.2, 0.25) is 0 Å². The molecule has 3 aromatic rings. The van der Waals surface area contributed by atoms with Gasteiger partial charge in [-0.05, 0) is 53.0 Å². The second-order valence-corrected chi connectivity index (χ2v) is 7.31. The van der Waals surface area contributed by atoms with Gasteiger partial charge in [0, 0.05) is 22.3 Å². The average Bonchev–Trinajstić information content (AvgIpc) is 3.24. The summed E-state index contributed by atoms with van der Waals surface area (Å²) in [4.78, 5) is 16.1. The topological polar surface area (TPSA) is 66.6 Å². The molecule has 4 rings (SSSR count). The van der Waals surface area contributed by atoms with Gasteiger partial charge >= 0.3 is 5.97 Å². The third-order valence-electron chi connectivity index (χ3n) is 4.66. The van der Waals surface area contributed by atoms with Crippen LogP contribution in [-0.2, 0) is 0 Å². The number of hydrogen-bond acceptors (Lipinski definition) is 3. The molecule has 128 valence electrons. The third-order valence-corrected chi connectivity index (χ3v) is 5.13. The molecule has 0 saturated heterocycles. The largest absolute Gasteiger partial charge is 0.478 e. The molecule has 1 aliphatic rings. The first-order valence-electron chi connectivity index (χ1n) is 8.40. The van der Waals surface area contributed by atoms with Crippen molar-refractivity contribution in [3.63, 3.8) is 0 Å². The second kappa shape index (κ2) is 6.52. The van der Waals surface area contributed by atoms with E-state index in [1.54, 1.807) is 18.2 Å². The maximum atomic E-state index is 11.3. The Balaban J connectivity index is 1.86. The molecule has 1 saturated carbocycles. The molecule has 2 N–H and O–H groups in total. The van der Waals surface area contributed by atoms with E-state index in [0.717, 1.165) is 40.0 Å². The summed E-state index contributed by atoms with van der Waals surface area (Å²) in [6, 6.07) is 11.3. The number of pyridine rings is 1. The maximum absolute atomic E-state index is 11.3. The number of imidazole rings is 1. The fraction of sp³-hybridized carbons (Fsp3) is 0.263. The summed E-state index contributed by atoms with van der Waals surface area (Å²) in [7, 11) is 0. The molecule has 5 nitrogen and oxygen atoms in total. The molecule has 25 heavy (non-hydrogen) atoms. The predicted octanol–water partition coefficient (Wildman–Crippen LogP) is 4.82. The van der Waals surface area contributed by atoms with Gasteiger partial charge in [-0.3, -0.25) is 4.40 Å². The van der Waals surface area contributed by atoms with Crippen LogP contribution in [0.15, 0.2) is 47.1 Å². The van der Waals surface area contributed by atoms with E-state index in [2.05, 4.69) is 21.2 Å². The fourth-order valence-electron chi connectivity index (χ4n) is 3.42. The van der Waals surface area contributed by atoms with Crippen LogP contribution in [0.25, 0.3) is 16.9 Å². The predicted molar refractivity (Wildman–Crippen MR) is 101 cm³/mol. The van der Waals surface area contributed by atoms with Gasteiger partial charge in [-0.25, -0.2) is 9.78 Å². The van der Waals surface area contributed by atoms with E-state index in [9.17, 15) is 9.90 Å². The molecule has 6 heteroatoms. The number of carboxylic acids is 1. The number of anilines is 1. The van der Waals surface area contributed by atoms with Crippen molar-refractivity contribution < 1.29 is 9.90 Å². The summed E-state index contributed by atoms with van der Waals surface area (Å²) in [5.41, 5.74) is 2.69. The molecule has 0 unspecified atom stereocenters. The van der Waals surface area contributed by atoms with Crippen LogP contribution < -0.4 is 5.32 Å². The highest BCUT2D eigenvalue weighted by Gasteiger charge is 2.21. The fourth-order valence-corrected chi connectivity index (χ4v) is 3.76. The van der Waals surface area contributed by atoms with E-state index in [-0.39, 0.29) is 5.56 Å². The second-order valence-electron chi connectivity index (χ2n) is 6.40. The summed E-state index contributed by atoms with van der Waals surface area (Å²) in [6.45, 7) is 0. The first kappa shape index (κ1) is 16.1. The molecule has 1 aliphatic carbocycles. The Bertz CT molecular complexity index is 945. The summed E-state index contributed by atoms with van der Waals surface area (Å²) in [6.07, 6.45) is 6.76. The molecule has 0 atom stereocenters. The van der Waals surface area contributed by atoms with Crippen LogP contribution >= 0.6 is 15.9 Å². The third kappa shape index (κ3) is 3.14. The molecule has 0 spiro atoms. The van der Waals surface area contributed by atoms with Crippen molar-refractivity contribution in [3.05, 3.63) is 52.6 Å². The number of aromatic carboxylic acids is 1. The first-order chi connectivity index (χ1) is 12.1. The van der Waals surface area contributed by atoms with Gasteiger partial charge in [0.1, 0.15) is 17.2 Å². The zero-order valence-corrected chi connectivity index (χ0v) is 15.2. The molecule has 0 amide bonds. The number of fused-ring (bicyclic) bond motifs is 1. The highest BCUT2D eigenvalue weighted by atomic mass is 79.9. The van der Waals surface area contributed by atoms with Crippen molar-refractivity contribution in [1.82, 2.24) is 9.38 Å². The highest BCUT2D eigenvalue weighted by Crippen LogP contribution is 2.33. The van der Waals surface area contributed by atoms with E-state index in [0.29, 0.717) is 6.04 Å². The summed E-state index contributed by atoms with van der Waals surface area (Å²) >= 11 is 3.52. The molecular formula is C19H18BrN3O2. The summed E-state index contributed by atoms with van der Waals surface area (Å²) in [5.74, 6) is -0.00982. The lowest BCUT2D eigenvalue weighted by Gasteiger charge is -2.15. The van der Waals surface area contributed by atoms with Crippen molar-refractivity contribution in [2.45, 2.75) is 31.7 Å². The van der Waals surface area contributed by atoms with Crippen LogP contribution in [0.3, 0.4) is 0 Å². The van der Waals surface area contributed by atoms with Crippen LogP contribution in [0.5, 0.6) is 0 Å². The molecule has 0 radical (unpaired) electrons. The Morgan fingerprint density at radius 1 is 1.24 bits per heavy atom. The number of nitrogens with zero attached hydrogens (tertiary/aromatic N) is 2. The van der Waals surface area contributed by atoms with Gasteiger partial charge in [0.25, 0.3) is 0 Å². The minimum atomic E-state index is -0.932. The minimum absolute atomic E-state index is 0.266. The minimum Gasteiger partial charge on any atom is -0.478 e. The Kier molecular flexibility index (Phi) is 4.21. The number of rotatable bonds is 4. The lowest BCUT2D eigenvalue weighted by atomic mass is 10.1. The molecule has 2 aromatic heterocycles. The molecule has 0 aliphatic heterocycles. The Morgan fingerprint density at radius 2 is 2.04 bits per heavy atom. The summed E-state index contributed by atoms with van der Waals surface area (Å²) in [5, 5.41) is 12.9. The van der Waals surface area contributed by atoms with E-state index < -0.39 is 5.97 Å². The highest BCUT2D eigenvalue weighted by molar-refractivity contribution is 9.10. The monoisotopic (exact) mass is 399 g/mol. The Hall–Kier alpha value is -2.34. The van der Waals surface area contributed by atoms with Crippen molar-refractivity contribution in [2.24, 2.45) is 0 Å². The van der Waals surface area contributed by atoms with Gasteiger partial charge in [-0.2, -0.15) is 0 Å².